The Morgan fingerprint density at radius 3 is 2.74 bits per heavy atom. The molecule has 1 saturated carbocycles. The van der Waals surface area contributed by atoms with E-state index in [4.69, 9.17) is 21.1 Å². The Bertz CT molecular complexity index is 459. The number of halogens is 1. The number of hydrogen-bond acceptors (Lipinski definition) is 3. The largest absolute Gasteiger partial charge is 0.490 e. The molecular formula is C15H19ClO3. The van der Waals surface area contributed by atoms with Crippen LogP contribution >= 0.6 is 11.6 Å². The molecule has 0 spiro atoms. The summed E-state index contributed by atoms with van der Waals surface area (Å²) >= 11 is 5.92. The maximum absolute atomic E-state index is 11.6. The van der Waals surface area contributed by atoms with Gasteiger partial charge < -0.3 is 9.47 Å². The summed E-state index contributed by atoms with van der Waals surface area (Å²) in [6.07, 6.45) is 4.41. The molecule has 0 amide bonds. The van der Waals surface area contributed by atoms with Crippen LogP contribution in [0, 0.1) is 0 Å². The van der Waals surface area contributed by atoms with Crippen molar-refractivity contribution in [2.45, 2.75) is 44.8 Å². The molecule has 1 fully saturated rings. The highest BCUT2D eigenvalue weighted by molar-refractivity contribution is 6.31. The molecule has 19 heavy (non-hydrogen) atoms. The Labute approximate surface area is 118 Å². The van der Waals surface area contributed by atoms with Crippen LogP contribution < -0.4 is 4.74 Å². The molecule has 0 N–H and O–H groups in total. The third-order valence-electron chi connectivity index (χ3n) is 3.53. The molecule has 2 unspecified atom stereocenters. The van der Waals surface area contributed by atoms with Crippen LogP contribution in [0.1, 0.15) is 43.0 Å². The van der Waals surface area contributed by atoms with Crippen molar-refractivity contribution in [2.24, 2.45) is 0 Å². The molecule has 1 aliphatic rings. The lowest BCUT2D eigenvalue weighted by molar-refractivity contribution is 0.0207. The summed E-state index contributed by atoms with van der Waals surface area (Å²) in [7, 11) is 1.73. The zero-order valence-corrected chi connectivity index (χ0v) is 12.1. The number of ether oxygens (including phenoxy) is 2. The predicted molar refractivity (Wildman–Crippen MR) is 75.1 cm³/mol. The minimum Gasteiger partial charge on any atom is -0.490 e. The molecular weight excluding hydrogens is 264 g/mol. The highest BCUT2D eigenvalue weighted by atomic mass is 35.5. The van der Waals surface area contributed by atoms with Crippen LogP contribution in [0.4, 0.5) is 0 Å². The van der Waals surface area contributed by atoms with Gasteiger partial charge in [0.25, 0.3) is 0 Å². The third kappa shape index (κ3) is 3.71. The molecule has 0 radical (unpaired) electrons. The maximum atomic E-state index is 11.6. The second-order valence-corrected chi connectivity index (χ2v) is 5.40. The first-order chi connectivity index (χ1) is 9.10. The molecule has 1 aliphatic carbocycles. The second kappa shape index (κ2) is 6.40. The SMILES string of the molecule is COC1CCCC(Oc2ccc(Cl)cc2C(C)=O)C1. The number of hydrogen-bond donors (Lipinski definition) is 0. The summed E-state index contributed by atoms with van der Waals surface area (Å²) in [6, 6.07) is 5.19. The molecule has 1 aromatic carbocycles. The van der Waals surface area contributed by atoms with Crippen molar-refractivity contribution in [1.82, 2.24) is 0 Å². The Balaban J connectivity index is 2.12. The van der Waals surface area contributed by atoms with Gasteiger partial charge >= 0.3 is 0 Å². The van der Waals surface area contributed by atoms with Gasteiger partial charge in [-0.1, -0.05) is 11.6 Å². The second-order valence-electron chi connectivity index (χ2n) is 4.96. The van der Waals surface area contributed by atoms with E-state index in [1.807, 2.05) is 0 Å². The van der Waals surface area contributed by atoms with E-state index in [0.29, 0.717) is 16.3 Å². The van der Waals surface area contributed by atoms with E-state index in [1.165, 1.54) is 6.92 Å². The van der Waals surface area contributed by atoms with Crippen molar-refractivity contribution < 1.29 is 14.3 Å². The molecule has 0 aromatic heterocycles. The van der Waals surface area contributed by atoms with Gasteiger partial charge in [-0.2, -0.15) is 0 Å². The van der Waals surface area contributed by atoms with Crippen molar-refractivity contribution in [1.29, 1.82) is 0 Å². The fourth-order valence-corrected chi connectivity index (χ4v) is 2.65. The number of carbonyl (C=O) groups excluding carboxylic acids is 1. The summed E-state index contributed by atoms with van der Waals surface area (Å²) in [5, 5.41) is 0.552. The first kappa shape index (κ1) is 14.4. The van der Waals surface area contributed by atoms with Crippen molar-refractivity contribution >= 4 is 17.4 Å². The molecule has 2 rings (SSSR count). The maximum Gasteiger partial charge on any atom is 0.163 e. The Morgan fingerprint density at radius 1 is 1.32 bits per heavy atom. The fourth-order valence-electron chi connectivity index (χ4n) is 2.48. The molecule has 4 heteroatoms. The Kier molecular flexibility index (Phi) is 4.83. The molecule has 1 aromatic rings. The predicted octanol–water partition coefficient (Wildman–Crippen LogP) is 3.88. The van der Waals surface area contributed by atoms with Crippen molar-refractivity contribution in [3.8, 4) is 5.75 Å². The van der Waals surface area contributed by atoms with E-state index in [9.17, 15) is 4.79 Å². The number of Topliss-reactive ketones (excluding diaryl/α,β-unsaturated/α-hetero) is 1. The first-order valence-electron chi connectivity index (χ1n) is 6.60. The standard InChI is InChI=1S/C15H19ClO3/c1-10(17)14-8-11(16)6-7-15(14)19-13-5-3-4-12(9-13)18-2/h6-8,12-13H,3-5,9H2,1-2H3. The monoisotopic (exact) mass is 282 g/mol. The minimum absolute atomic E-state index is 0.0309. The van der Waals surface area contributed by atoms with Crippen LogP contribution in [0.5, 0.6) is 5.75 Å². The lowest BCUT2D eigenvalue weighted by Gasteiger charge is -2.29. The van der Waals surface area contributed by atoms with Gasteiger partial charge in [0.1, 0.15) is 11.9 Å². The van der Waals surface area contributed by atoms with Crippen LogP contribution in [0.15, 0.2) is 18.2 Å². The molecule has 104 valence electrons. The van der Waals surface area contributed by atoms with Crippen LogP contribution in [0.25, 0.3) is 0 Å². The number of methoxy groups -OCH3 is 1. The number of rotatable bonds is 4. The van der Waals surface area contributed by atoms with Crippen LogP contribution in [-0.4, -0.2) is 25.1 Å². The van der Waals surface area contributed by atoms with Crippen LogP contribution in [-0.2, 0) is 4.74 Å². The topological polar surface area (TPSA) is 35.5 Å². The number of ketones is 1. The van der Waals surface area contributed by atoms with E-state index in [1.54, 1.807) is 25.3 Å². The first-order valence-corrected chi connectivity index (χ1v) is 6.98. The quantitative estimate of drug-likeness (QED) is 0.786. The molecule has 0 saturated heterocycles. The van der Waals surface area contributed by atoms with E-state index in [0.717, 1.165) is 25.7 Å². The van der Waals surface area contributed by atoms with Gasteiger partial charge in [-0.3, -0.25) is 4.79 Å². The Hall–Kier alpha value is -1.06. The number of carbonyl (C=O) groups is 1. The van der Waals surface area contributed by atoms with Gasteiger partial charge in [-0.05, 0) is 44.4 Å². The molecule has 0 bridgehead atoms. The average Bonchev–Trinajstić information content (AvgIpc) is 2.41. The zero-order chi connectivity index (χ0) is 13.8. The summed E-state index contributed by atoms with van der Waals surface area (Å²) in [6.45, 7) is 1.53. The number of benzene rings is 1. The van der Waals surface area contributed by atoms with Crippen molar-refractivity contribution in [3.63, 3.8) is 0 Å². The molecule has 0 heterocycles. The molecule has 3 nitrogen and oxygen atoms in total. The summed E-state index contributed by atoms with van der Waals surface area (Å²) in [5.74, 6) is 0.593. The summed E-state index contributed by atoms with van der Waals surface area (Å²) < 4.78 is 11.4. The van der Waals surface area contributed by atoms with Gasteiger partial charge in [-0.25, -0.2) is 0 Å². The lowest BCUT2D eigenvalue weighted by Crippen LogP contribution is -2.29. The highest BCUT2D eigenvalue weighted by Crippen LogP contribution is 2.29. The van der Waals surface area contributed by atoms with E-state index >= 15 is 0 Å². The summed E-state index contributed by atoms with van der Waals surface area (Å²) in [5.41, 5.74) is 0.548. The van der Waals surface area contributed by atoms with Gasteiger partial charge in [0.05, 0.1) is 11.7 Å². The lowest BCUT2D eigenvalue weighted by atomic mass is 9.95. The smallest absolute Gasteiger partial charge is 0.163 e. The van der Waals surface area contributed by atoms with Gasteiger partial charge in [0.2, 0.25) is 0 Å². The zero-order valence-electron chi connectivity index (χ0n) is 11.3. The van der Waals surface area contributed by atoms with Crippen LogP contribution in [0.2, 0.25) is 5.02 Å². The molecule has 2 atom stereocenters. The molecule has 0 aliphatic heterocycles. The van der Waals surface area contributed by atoms with Gasteiger partial charge in [-0.15, -0.1) is 0 Å². The normalized spacial score (nSPS) is 23.1. The van der Waals surface area contributed by atoms with E-state index < -0.39 is 0 Å². The van der Waals surface area contributed by atoms with E-state index in [2.05, 4.69) is 0 Å². The van der Waals surface area contributed by atoms with Crippen LogP contribution in [0.3, 0.4) is 0 Å². The Morgan fingerprint density at radius 2 is 2.05 bits per heavy atom. The highest BCUT2D eigenvalue weighted by Gasteiger charge is 2.24. The average molecular weight is 283 g/mol. The third-order valence-corrected chi connectivity index (χ3v) is 3.76. The minimum atomic E-state index is -0.0309. The van der Waals surface area contributed by atoms with E-state index in [-0.39, 0.29) is 18.0 Å². The van der Waals surface area contributed by atoms with Gasteiger partial charge in [0.15, 0.2) is 5.78 Å². The van der Waals surface area contributed by atoms with Crippen molar-refractivity contribution in [3.05, 3.63) is 28.8 Å². The van der Waals surface area contributed by atoms with Crippen molar-refractivity contribution in [2.75, 3.05) is 7.11 Å². The van der Waals surface area contributed by atoms with Gasteiger partial charge in [0, 0.05) is 18.6 Å². The fraction of sp³-hybridized carbons (Fsp3) is 0.533. The summed E-state index contributed by atoms with van der Waals surface area (Å²) in [4.78, 5) is 11.6.